The Morgan fingerprint density at radius 1 is 1.43 bits per heavy atom. The summed E-state index contributed by atoms with van der Waals surface area (Å²) in [5.41, 5.74) is 0.766. The van der Waals surface area contributed by atoms with Gasteiger partial charge in [0.05, 0.1) is 11.9 Å². The SMILES string of the molecule is O=Cc1cc(-n2ccnc2)ccc1F. The van der Waals surface area contributed by atoms with E-state index in [-0.39, 0.29) is 5.56 Å². The van der Waals surface area contributed by atoms with Gasteiger partial charge in [-0.05, 0) is 18.2 Å². The molecule has 0 spiro atoms. The van der Waals surface area contributed by atoms with Crippen LogP contribution in [0.2, 0.25) is 0 Å². The second kappa shape index (κ2) is 3.41. The van der Waals surface area contributed by atoms with Crippen LogP contribution in [-0.2, 0) is 0 Å². The first-order chi connectivity index (χ1) is 6.81. The second-order valence-corrected chi connectivity index (χ2v) is 2.79. The molecule has 0 aliphatic heterocycles. The third kappa shape index (κ3) is 1.42. The Morgan fingerprint density at radius 2 is 2.29 bits per heavy atom. The van der Waals surface area contributed by atoms with Crippen molar-refractivity contribution in [3.05, 3.63) is 48.3 Å². The summed E-state index contributed by atoms with van der Waals surface area (Å²) in [6.45, 7) is 0. The van der Waals surface area contributed by atoms with Crippen LogP contribution in [0.5, 0.6) is 0 Å². The van der Waals surface area contributed by atoms with Crippen LogP contribution in [-0.4, -0.2) is 15.8 Å². The van der Waals surface area contributed by atoms with E-state index in [1.165, 1.54) is 12.1 Å². The van der Waals surface area contributed by atoms with Crippen molar-refractivity contribution in [2.45, 2.75) is 0 Å². The molecule has 0 saturated heterocycles. The fourth-order valence-electron chi connectivity index (χ4n) is 1.19. The number of hydrogen-bond donors (Lipinski definition) is 0. The average Bonchev–Trinajstić information content (AvgIpc) is 2.71. The van der Waals surface area contributed by atoms with E-state index in [1.807, 2.05) is 0 Å². The molecule has 0 aliphatic rings. The summed E-state index contributed by atoms with van der Waals surface area (Å²) in [6, 6.07) is 4.33. The minimum absolute atomic E-state index is 0.0520. The predicted octanol–water partition coefficient (Wildman–Crippen LogP) is 1.82. The number of halogens is 1. The number of benzene rings is 1. The summed E-state index contributed by atoms with van der Waals surface area (Å²) in [6.07, 6.45) is 5.42. The van der Waals surface area contributed by atoms with Gasteiger partial charge in [0.15, 0.2) is 6.29 Å². The van der Waals surface area contributed by atoms with Gasteiger partial charge in [0.1, 0.15) is 5.82 Å². The van der Waals surface area contributed by atoms with Crippen molar-refractivity contribution in [2.75, 3.05) is 0 Å². The predicted molar refractivity (Wildman–Crippen MR) is 48.9 cm³/mol. The molecule has 1 heterocycles. The van der Waals surface area contributed by atoms with E-state index in [0.29, 0.717) is 12.0 Å². The van der Waals surface area contributed by atoms with Gasteiger partial charge < -0.3 is 4.57 Å². The minimum Gasteiger partial charge on any atom is -0.306 e. The third-order valence-corrected chi connectivity index (χ3v) is 1.91. The average molecular weight is 190 g/mol. The first-order valence-electron chi connectivity index (χ1n) is 4.04. The van der Waals surface area contributed by atoms with E-state index in [1.54, 1.807) is 29.4 Å². The molecular formula is C10H7FN2O. The first kappa shape index (κ1) is 8.62. The van der Waals surface area contributed by atoms with Crippen molar-refractivity contribution < 1.29 is 9.18 Å². The summed E-state index contributed by atoms with van der Waals surface area (Å²) < 4.78 is 14.7. The highest BCUT2D eigenvalue weighted by Crippen LogP contribution is 2.12. The van der Waals surface area contributed by atoms with Crippen molar-refractivity contribution in [1.82, 2.24) is 9.55 Å². The molecule has 0 amide bonds. The van der Waals surface area contributed by atoms with E-state index in [2.05, 4.69) is 4.98 Å². The quantitative estimate of drug-likeness (QED) is 0.677. The number of rotatable bonds is 2. The largest absolute Gasteiger partial charge is 0.306 e. The number of carbonyl (C=O) groups excluding carboxylic acids is 1. The summed E-state index contributed by atoms with van der Waals surface area (Å²) in [7, 11) is 0. The molecule has 0 atom stereocenters. The molecule has 2 rings (SSSR count). The van der Waals surface area contributed by atoms with Crippen LogP contribution in [0.3, 0.4) is 0 Å². The maximum Gasteiger partial charge on any atom is 0.153 e. The van der Waals surface area contributed by atoms with Crippen LogP contribution in [0.25, 0.3) is 5.69 Å². The first-order valence-corrected chi connectivity index (χ1v) is 4.04. The molecule has 0 N–H and O–H groups in total. The lowest BCUT2D eigenvalue weighted by Crippen LogP contribution is -1.94. The fraction of sp³-hybridized carbons (Fsp3) is 0. The zero-order valence-electron chi connectivity index (χ0n) is 7.22. The highest BCUT2D eigenvalue weighted by molar-refractivity contribution is 5.76. The number of hydrogen-bond acceptors (Lipinski definition) is 2. The second-order valence-electron chi connectivity index (χ2n) is 2.79. The lowest BCUT2D eigenvalue weighted by atomic mass is 10.2. The Balaban J connectivity index is 2.51. The van der Waals surface area contributed by atoms with E-state index in [9.17, 15) is 9.18 Å². The minimum atomic E-state index is -0.510. The lowest BCUT2D eigenvalue weighted by Gasteiger charge is -2.02. The van der Waals surface area contributed by atoms with E-state index in [4.69, 9.17) is 0 Å². The van der Waals surface area contributed by atoms with Gasteiger partial charge in [0.2, 0.25) is 0 Å². The van der Waals surface area contributed by atoms with Crippen molar-refractivity contribution in [1.29, 1.82) is 0 Å². The molecule has 1 aromatic carbocycles. The molecule has 3 nitrogen and oxygen atoms in total. The molecule has 2 aromatic rings. The van der Waals surface area contributed by atoms with Gasteiger partial charge >= 0.3 is 0 Å². The molecule has 4 heteroatoms. The van der Waals surface area contributed by atoms with Gasteiger partial charge in [-0.2, -0.15) is 0 Å². The number of carbonyl (C=O) groups is 1. The van der Waals surface area contributed by atoms with Crippen molar-refractivity contribution in [3.8, 4) is 5.69 Å². The van der Waals surface area contributed by atoms with Crippen molar-refractivity contribution in [3.63, 3.8) is 0 Å². The molecule has 0 saturated carbocycles. The molecule has 0 aliphatic carbocycles. The van der Waals surface area contributed by atoms with E-state index in [0.717, 1.165) is 0 Å². The lowest BCUT2D eigenvalue weighted by molar-refractivity contribution is 0.112. The number of aromatic nitrogens is 2. The van der Waals surface area contributed by atoms with Gasteiger partial charge in [-0.3, -0.25) is 4.79 Å². The van der Waals surface area contributed by atoms with Gasteiger partial charge in [-0.25, -0.2) is 9.37 Å². The summed E-state index contributed by atoms with van der Waals surface area (Å²) in [4.78, 5) is 14.3. The van der Waals surface area contributed by atoms with Crippen LogP contribution in [0.15, 0.2) is 36.9 Å². The monoisotopic (exact) mass is 190 g/mol. The maximum atomic E-state index is 13.0. The zero-order chi connectivity index (χ0) is 9.97. The Morgan fingerprint density at radius 3 is 2.93 bits per heavy atom. The smallest absolute Gasteiger partial charge is 0.153 e. The van der Waals surface area contributed by atoms with Crippen LogP contribution in [0, 0.1) is 5.82 Å². The fourth-order valence-corrected chi connectivity index (χ4v) is 1.19. The third-order valence-electron chi connectivity index (χ3n) is 1.91. The van der Waals surface area contributed by atoms with Gasteiger partial charge in [0.25, 0.3) is 0 Å². The van der Waals surface area contributed by atoms with Crippen LogP contribution < -0.4 is 0 Å². The van der Waals surface area contributed by atoms with E-state index >= 15 is 0 Å². The molecule has 0 bridgehead atoms. The summed E-state index contributed by atoms with van der Waals surface area (Å²) in [5.74, 6) is -0.510. The highest BCUT2D eigenvalue weighted by atomic mass is 19.1. The van der Waals surface area contributed by atoms with Gasteiger partial charge in [-0.15, -0.1) is 0 Å². The van der Waals surface area contributed by atoms with Crippen LogP contribution >= 0.6 is 0 Å². The molecule has 14 heavy (non-hydrogen) atoms. The number of imidazole rings is 1. The number of aldehydes is 1. The molecule has 0 fully saturated rings. The molecule has 1 aromatic heterocycles. The van der Waals surface area contributed by atoms with Crippen LogP contribution in [0.1, 0.15) is 10.4 Å². The molecule has 0 radical (unpaired) electrons. The van der Waals surface area contributed by atoms with Crippen LogP contribution in [0.4, 0.5) is 4.39 Å². The topological polar surface area (TPSA) is 34.9 Å². The Labute approximate surface area is 79.8 Å². The molecule has 70 valence electrons. The highest BCUT2D eigenvalue weighted by Gasteiger charge is 2.02. The Hall–Kier alpha value is -1.97. The zero-order valence-corrected chi connectivity index (χ0v) is 7.22. The normalized spacial score (nSPS) is 10.1. The molecule has 0 unspecified atom stereocenters. The summed E-state index contributed by atoms with van der Waals surface area (Å²) >= 11 is 0. The molecular weight excluding hydrogens is 183 g/mol. The number of nitrogens with zero attached hydrogens (tertiary/aromatic N) is 2. The van der Waals surface area contributed by atoms with Crippen molar-refractivity contribution >= 4 is 6.29 Å². The standard InChI is InChI=1S/C10H7FN2O/c11-10-2-1-9(5-8(10)6-14)13-4-3-12-7-13/h1-7H. The van der Waals surface area contributed by atoms with Crippen molar-refractivity contribution in [2.24, 2.45) is 0 Å². The summed E-state index contributed by atoms with van der Waals surface area (Å²) in [5, 5.41) is 0. The maximum absolute atomic E-state index is 13.0. The Kier molecular flexibility index (Phi) is 2.10. The van der Waals surface area contributed by atoms with Gasteiger partial charge in [0, 0.05) is 18.1 Å². The van der Waals surface area contributed by atoms with E-state index < -0.39 is 5.82 Å². The van der Waals surface area contributed by atoms with Gasteiger partial charge in [-0.1, -0.05) is 0 Å². The Bertz CT molecular complexity index is 451.